The number of pyridine rings is 1. The second-order valence-electron chi connectivity index (χ2n) is 4.69. The Labute approximate surface area is 114 Å². The van der Waals surface area contributed by atoms with Crippen molar-refractivity contribution >= 4 is 0 Å². The van der Waals surface area contributed by atoms with Gasteiger partial charge in [0, 0.05) is 17.9 Å². The van der Waals surface area contributed by atoms with E-state index in [9.17, 15) is 0 Å². The van der Waals surface area contributed by atoms with Crippen LogP contribution in [0, 0.1) is 6.92 Å². The van der Waals surface area contributed by atoms with Crippen LogP contribution in [0.1, 0.15) is 29.3 Å². The number of nitrogens with zero attached hydrogens (tertiary/aromatic N) is 1. The number of rotatable bonds is 5. The maximum absolute atomic E-state index is 6.27. The van der Waals surface area contributed by atoms with Crippen LogP contribution in [0.4, 0.5) is 0 Å². The van der Waals surface area contributed by atoms with Gasteiger partial charge in [0.2, 0.25) is 0 Å². The summed E-state index contributed by atoms with van der Waals surface area (Å²) in [6, 6.07) is 12.0. The zero-order valence-electron chi connectivity index (χ0n) is 11.5. The fraction of sp³-hybridized carbons (Fsp3) is 0.312. The largest absolute Gasteiger partial charge is 0.497 e. The van der Waals surface area contributed by atoms with Crippen LogP contribution in [0.5, 0.6) is 5.75 Å². The lowest BCUT2D eigenvalue weighted by molar-refractivity contribution is 0.414. The minimum atomic E-state index is 0.0351. The molecule has 0 aliphatic carbocycles. The molecule has 1 unspecified atom stereocenters. The lowest BCUT2D eigenvalue weighted by atomic mass is 9.97. The van der Waals surface area contributed by atoms with Gasteiger partial charge in [0.1, 0.15) is 5.75 Å². The van der Waals surface area contributed by atoms with Crippen molar-refractivity contribution in [3.05, 3.63) is 59.4 Å². The van der Waals surface area contributed by atoms with Gasteiger partial charge in [0.25, 0.3) is 0 Å². The normalized spacial score (nSPS) is 12.2. The molecule has 1 aromatic carbocycles. The summed E-state index contributed by atoms with van der Waals surface area (Å²) >= 11 is 0. The number of ether oxygens (including phenoxy) is 1. The Hall–Kier alpha value is -1.87. The van der Waals surface area contributed by atoms with Gasteiger partial charge < -0.3 is 10.5 Å². The molecule has 0 fully saturated rings. The number of benzene rings is 1. The summed E-state index contributed by atoms with van der Waals surface area (Å²) in [5, 5.41) is 0. The van der Waals surface area contributed by atoms with E-state index in [4.69, 9.17) is 10.5 Å². The van der Waals surface area contributed by atoms with Crippen molar-refractivity contribution in [1.82, 2.24) is 4.98 Å². The average Bonchev–Trinajstić information content (AvgIpc) is 2.45. The molecule has 0 spiro atoms. The minimum absolute atomic E-state index is 0.0351. The minimum Gasteiger partial charge on any atom is -0.497 e. The van der Waals surface area contributed by atoms with Crippen LogP contribution in [-0.2, 0) is 6.42 Å². The van der Waals surface area contributed by atoms with Crippen LogP contribution in [0.25, 0.3) is 0 Å². The summed E-state index contributed by atoms with van der Waals surface area (Å²) in [6.45, 7) is 2.07. The maximum Gasteiger partial charge on any atom is 0.119 e. The van der Waals surface area contributed by atoms with Gasteiger partial charge in [-0.1, -0.05) is 12.1 Å². The highest BCUT2D eigenvalue weighted by Gasteiger charge is 2.10. The Morgan fingerprint density at radius 3 is 2.74 bits per heavy atom. The Kier molecular flexibility index (Phi) is 4.53. The Morgan fingerprint density at radius 1 is 1.26 bits per heavy atom. The molecule has 0 radical (unpaired) electrons. The summed E-state index contributed by atoms with van der Waals surface area (Å²) < 4.78 is 5.21. The first-order chi connectivity index (χ1) is 9.20. The second kappa shape index (κ2) is 6.34. The zero-order chi connectivity index (χ0) is 13.7. The molecule has 2 aromatic rings. The number of hydrogen-bond donors (Lipinski definition) is 1. The van der Waals surface area contributed by atoms with E-state index in [-0.39, 0.29) is 6.04 Å². The molecule has 1 atom stereocenters. The third-order valence-corrected chi connectivity index (χ3v) is 3.31. The molecule has 19 heavy (non-hydrogen) atoms. The van der Waals surface area contributed by atoms with E-state index in [0.29, 0.717) is 0 Å². The zero-order valence-corrected chi connectivity index (χ0v) is 11.5. The molecule has 1 aromatic heterocycles. The molecule has 0 aliphatic heterocycles. The van der Waals surface area contributed by atoms with Crippen molar-refractivity contribution in [3.8, 4) is 5.75 Å². The molecule has 0 bridgehead atoms. The standard InChI is InChI=1S/C16H20N2O/c1-12-11-14(19-2)7-8-15(12)16(17)9-6-13-5-3-4-10-18-13/h3-5,7-8,10-11,16H,6,9,17H2,1-2H3. The van der Waals surface area contributed by atoms with Gasteiger partial charge in [-0.2, -0.15) is 0 Å². The Bertz CT molecular complexity index is 526. The molecule has 0 saturated heterocycles. The smallest absolute Gasteiger partial charge is 0.119 e. The Balaban J connectivity index is 2.02. The molecule has 1 heterocycles. The van der Waals surface area contributed by atoms with Crippen LogP contribution in [0.2, 0.25) is 0 Å². The molecule has 2 rings (SSSR count). The van der Waals surface area contributed by atoms with E-state index in [1.807, 2.05) is 36.5 Å². The third kappa shape index (κ3) is 3.55. The predicted octanol–water partition coefficient (Wildman–Crippen LogP) is 3.03. The summed E-state index contributed by atoms with van der Waals surface area (Å²) in [6.07, 6.45) is 3.61. The van der Waals surface area contributed by atoms with Crippen molar-refractivity contribution in [3.63, 3.8) is 0 Å². The summed E-state index contributed by atoms with van der Waals surface area (Å²) in [5.41, 5.74) is 9.71. The topological polar surface area (TPSA) is 48.1 Å². The van der Waals surface area contributed by atoms with Crippen LogP contribution in [0.15, 0.2) is 42.6 Å². The van der Waals surface area contributed by atoms with Crippen molar-refractivity contribution < 1.29 is 4.74 Å². The SMILES string of the molecule is COc1ccc(C(N)CCc2ccccn2)c(C)c1. The van der Waals surface area contributed by atoms with Crippen LogP contribution < -0.4 is 10.5 Å². The number of methoxy groups -OCH3 is 1. The quantitative estimate of drug-likeness (QED) is 0.894. The molecule has 100 valence electrons. The molecule has 3 heteroatoms. The predicted molar refractivity (Wildman–Crippen MR) is 77.2 cm³/mol. The molecular weight excluding hydrogens is 236 g/mol. The van der Waals surface area contributed by atoms with E-state index in [0.717, 1.165) is 24.3 Å². The highest BCUT2D eigenvalue weighted by Crippen LogP contribution is 2.23. The fourth-order valence-electron chi connectivity index (χ4n) is 2.20. The van der Waals surface area contributed by atoms with E-state index in [2.05, 4.69) is 18.0 Å². The van der Waals surface area contributed by atoms with Crippen molar-refractivity contribution in [2.75, 3.05) is 7.11 Å². The molecule has 2 N–H and O–H groups in total. The number of aryl methyl sites for hydroxylation is 2. The van der Waals surface area contributed by atoms with Crippen LogP contribution in [0.3, 0.4) is 0 Å². The van der Waals surface area contributed by atoms with Crippen LogP contribution >= 0.6 is 0 Å². The van der Waals surface area contributed by atoms with Crippen molar-refractivity contribution in [2.45, 2.75) is 25.8 Å². The van der Waals surface area contributed by atoms with Gasteiger partial charge >= 0.3 is 0 Å². The summed E-state index contributed by atoms with van der Waals surface area (Å²) in [5.74, 6) is 0.873. The average molecular weight is 256 g/mol. The first kappa shape index (κ1) is 13.6. The lowest BCUT2D eigenvalue weighted by Gasteiger charge is -2.15. The van der Waals surface area contributed by atoms with Gasteiger partial charge in [-0.05, 0) is 55.2 Å². The number of nitrogens with two attached hydrogens (primary N) is 1. The summed E-state index contributed by atoms with van der Waals surface area (Å²) in [4.78, 5) is 4.32. The third-order valence-electron chi connectivity index (χ3n) is 3.31. The molecule has 0 amide bonds. The van der Waals surface area contributed by atoms with Crippen molar-refractivity contribution in [2.24, 2.45) is 5.73 Å². The van der Waals surface area contributed by atoms with E-state index < -0.39 is 0 Å². The van der Waals surface area contributed by atoms with E-state index in [1.54, 1.807) is 7.11 Å². The highest BCUT2D eigenvalue weighted by atomic mass is 16.5. The number of aromatic nitrogens is 1. The van der Waals surface area contributed by atoms with Crippen LogP contribution in [-0.4, -0.2) is 12.1 Å². The molecule has 0 aliphatic rings. The van der Waals surface area contributed by atoms with Gasteiger partial charge in [0.15, 0.2) is 0 Å². The molecule has 0 saturated carbocycles. The van der Waals surface area contributed by atoms with Gasteiger partial charge in [-0.25, -0.2) is 0 Å². The fourth-order valence-corrected chi connectivity index (χ4v) is 2.20. The van der Waals surface area contributed by atoms with E-state index >= 15 is 0 Å². The lowest BCUT2D eigenvalue weighted by Crippen LogP contribution is -2.13. The molecular formula is C16H20N2O. The number of hydrogen-bond acceptors (Lipinski definition) is 3. The highest BCUT2D eigenvalue weighted by molar-refractivity contribution is 5.36. The van der Waals surface area contributed by atoms with Gasteiger partial charge in [0.05, 0.1) is 7.11 Å². The summed E-state index contributed by atoms with van der Waals surface area (Å²) in [7, 11) is 1.68. The van der Waals surface area contributed by atoms with Gasteiger partial charge in [-0.15, -0.1) is 0 Å². The Morgan fingerprint density at radius 2 is 2.11 bits per heavy atom. The first-order valence-electron chi connectivity index (χ1n) is 6.50. The monoisotopic (exact) mass is 256 g/mol. The maximum atomic E-state index is 6.27. The molecule has 3 nitrogen and oxygen atoms in total. The first-order valence-corrected chi connectivity index (χ1v) is 6.50. The van der Waals surface area contributed by atoms with Gasteiger partial charge in [-0.3, -0.25) is 4.98 Å². The van der Waals surface area contributed by atoms with E-state index in [1.165, 1.54) is 11.1 Å². The second-order valence-corrected chi connectivity index (χ2v) is 4.69. The van der Waals surface area contributed by atoms with Crippen molar-refractivity contribution in [1.29, 1.82) is 0 Å².